The summed E-state index contributed by atoms with van der Waals surface area (Å²) in [5.74, 6) is -4.31. The van der Waals surface area contributed by atoms with Gasteiger partial charge in [-0.1, -0.05) is 30.3 Å². The molecular weight excluding hydrogens is 327 g/mol. The molecule has 0 spiro atoms. The van der Waals surface area contributed by atoms with E-state index in [9.17, 15) is 22.8 Å². The molecule has 1 fully saturated rings. The van der Waals surface area contributed by atoms with Gasteiger partial charge in [-0.3, -0.25) is 4.79 Å². The molecule has 0 N–H and O–H groups in total. The molecule has 2 atom stereocenters. The summed E-state index contributed by atoms with van der Waals surface area (Å²) >= 11 is 0. The Hall–Kier alpha value is -2.25. The molecule has 1 aliphatic heterocycles. The zero-order valence-corrected chi connectivity index (χ0v) is 13.1. The lowest BCUT2D eigenvalue weighted by atomic mass is 9.96. The van der Waals surface area contributed by atoms with Crippen molar-refractivity contribution in [3.63, 3.8) is 0 Å². The van der Waals surface area contributed by atoms with E-state index >= 15 is 0 Å². The van der Waals surface area contributed by atoms with E-state index in [1.54, 1.807) is 30.3 Å². The van der Waals surface area contributed by atoms with Gasteiger partial charge in [-0.2, -0.15) is 13.2 Å². The number of alkyl halides is 3. The van der Waals surface area contributed by atoms with Crippen molar-refractivity contribution in [2.75, 3.05) is 19.7 Å². The van der Waals surface area contributed by atoms with Crippen molar-refractivity contribution in [3.8, 4) is 0 Å². The van der Waals surface area contributed by atoms with Gasteiger partial charge >= 0.3 is 18.2 Å². The van der Waals surface area contributed by atoms with Gasteiger partial charge in [0, 0.05) is 13.1 Å². The van der Waals surface area contributed by atoms with Gasteiger partial charge in [0.05, 0.1) is 18.4 Å². The molecule has 1 heterocycles. The fourth-order valence-electron chi connectivity index (χ4n) is 2.58. The molecule has 2 rings (SSSR count). The van der Waals surface area contributed by atoms with Crippen LogP contribution in [0.1, 0.15) is 12.5 Å². The van der Waals surface area contributed by atoms with Crippen LogP contribution in [-0.4, -0.2) is 42.8 Å². The second-order valence-corrected chi connectivity index (χ2v) is 5.45. The van der Waals surface area contributed by atoms with Crippen LogP contribution in [0, 0.1) is 11.8 Å². The second-order valence-electron chi connectivity index (χ2n) is 5.45. The average Bonchev–Trinajstić information content (AvgIpc) is 2.99. The molecule has 132 valence electrons. The van der Waals surface area contributed by atoms with Crippen molar-refractivity contribution in [2.45, 2.75) is 19.7 Å². The van der Waals surface area contributed by atoms with Crippen LogP contribution in [0.5, 0.6) is 0 Å². The van der Waals surface area contributed by atoms with Crippen LogP contribution >= 0.6 is 0 Å². The minimum atomic E-state index is -4.59. The van der Waals surface area contributed by atoms with Crippen molar-refractivity contribution in [2.24, 2.45) is 11.8 Å². The number of ether oxygens (including phenoxy) is 2. The number of halogens is 3. The molecule has 0 aliphatic carbocycles. The smallest absolute Gasteiger partial charge is 0.410 e. The summed E-state index contributed by atoms with van der Waals surface area (Å²) in [6.07, 6.45) is -5.47. The Kier molecular flexibility index (Phi) is 5.69. The topological polar surface area (TPSA) is 55.8 Å². The predicted molar refractivity (Wildman–Crippen MR) is 77.9 cm³/mol. The highest BCUT2D eigenvalue weighted by Gasteiger charge is 2.54. The number of amides is 1. The van der Waals surface area contributed by atoms with Crippen LogP contribution in [0.15, 0.2) is 30.3 Å². The number of hydrogen-bond acceptors (Lipinski definition) is 4. The average molecular weight is 345 g/mol. The molecule has 1 saturated heterocycles. The Morgan fingerprint density at radius 3 is 2.42 bits per heavy atom. The largest absolute Gasteiger partial charge is 0.466 e. The first-order valence-electron chi connectivity index (χ1n) is 7.52. The maximum Gasteiger partial charge on any atom is 0.410 e. The Labute approximate surface area is 137 Å². The van der Waals surface area contributed by atoms with Crippen LogP contribution in [0.2, 0.25) is 0 Å². The third-order valence-corrected chi connectivity index (χ3v) is 3.79. The highest BCUT2D eigenvalue weighted by Crippen LogP contribution is 2.38. The Morgan fingerprint density at radius 2 is 1.83 bits per heavy atom. The van der Waals surface area contributed by atoms with Crippen LogP contribution in [-0.2, 0) is 20.9 Å². The van der Waals surface area contributed by atoms with Crippen molar-refractivity contribution in [3.05, 3.63) is 35.9 Å². The first-order chi connectivity index (χ1) is 11.3. The molecule has 1 aromatic carbocycles. The van der Waals surface area contributed by atoms with Gasteiger partial charge in [0.25, 0.3) is 0 Å². The Balaban J connectivity index is 2.00. The molecule has 2 unspecified atom stereocenters. The fourth-order valence-corrected chi connectivity index (χ4v) is 2.58. The van der Waals surface area contributed by atoms with E-state index in [0.29, 0.717) is 0 Å². The Bertz CT molecular complexity index is 576. The number of carbonyl (C=O) groups is 2. The number of benzene rings is 1. The van der Waals surface area contributed by atoms with E-state index < -0.39 is 36.6 Å². The highest BCUT2D eigenvalue weighted by molar-refractivity contribution is 5.76. The van der Waals surface area contributed by atoms with Crippen molar-refractivity contribution >= 4 is 12.1 Å². The molecule has 24 heavy (non-hydrogen) atoms. The maximum absolute atomic E-state index is 13.1. The lowest BCUT2D eigenvalue weighted by molar-refractivity contribution is -0.189. The van der Waals surface area contributed by atoms with Crippen LogP contribution < -0.4 is 0 Å². The normalized spacial score (nSPS) is 20.8. The van der Waals surface area contributed by atoms with Gasteiger partial charge in [0.1, 0.15) is 6.61 Å². The van der Waals surface area contributed by atoms with Crippen LogP contribution in [0.4, 0.5) is 18.0 Å². The summed E-state index contributed by atoms with van der Waals surface area (Å²) in [4.78, 5) is 24.7. The summed E-state index contributed by atoms with van der Waals surface area (Å²) < 4.78 is 49.1. The number of rotatable bonds is 4. The minimum Gasteiger partial charge on any atom is -0.466 e. The quantitative estimate of drug-likeness (QED) is 0.787. The number of carbonyl (C=O) groups excluding carboxylic acids is 2. The Morgan fingerprint density at radius 1 is 1.17 bits per heavy atom. The van der Waals surface area contributed by atoms with Gasteiger partial charge in [0.2, 0.25) is 0 Å². The molecule has 0 aromatic heterocycles. The third kappa shape index (κ3) is 4.39. The van der Waals surface area contributed by atoms with Gasteiger partial charge in [0.15, 0.2) is 0 Å². The molecule has 0 radical (unpaired) electrons. The summed E-state index contributed by atoms with van der Waals surface area (Å²) in [6.45, 7) is 0.480. The molecule has 1 aliphatic rings. The van der Waals surface area contributed by atoms with Crippen LogP contribution in [0.25, 0.3) is 0 Å². The third-order valence-electron chi connectivity index (χ3n) is 3.79. The highest BCUT2D eigenvalue weighted by atomic mass is 19.4. The van der Waals surface area contributed by atoms with E-state index in [4.69, 9.17) is 9.47 Å². The zero-order chi connectivity index (χ0) is 17.7. The van der Waals surface area contributed by atoms with Gasteiger partial charge in [-0.05, 0) is 12.5 Å². The zero-order valence-electron chi connectivity index (χ0n) is 13.1. The lowest BCUT2D eigenvalue weighted by Gasteiger charge is -2.19. The summed E-state index contributed by atoms with van der Waals surface area (Å²) in [5, 5.41) is 0. The minimum absolute atomic E-state index is 0.0155. The molecule has 1 aromatic rings. The lowest BCUT2D eigenvalue weighted by Crippen LogP contribution is -2.35. The number of esters is 1. The van der Waals surface area contributed by atoms with Crippen molar-refractivity contribution in [1.29, 1.82) is 0 Å². The van der Waals surface area contributed by atoms with E-state index in [-0.39, 0.29) is 19.8 Å². The van der Waals surface area contributed by atoms with Gasteiger partial charge in [-0.25, -0.2) is 4.79 Å². The molecule has 0 bridgehead atoms. The van der Waals surface area contributed by atoms with E-state index in [0.717, 1.165) is 10.5 Å². The second kappa shape index (κ2) is 7.55. The van der Waals surface area contributed by atoms with Crippen LogP contribution in [0.3, 0.4) is 0 Å². The SMILES string of the molecule is CCOC(=O)C1CN(C(=O)OCc2ccccc2)CC1C(F)(F)F. The van der Waals surface area contributed by atoms with E-state index in [2.05, 4.69) is 0 Å². The number of hydrogen-bond donors (Lipinski definition) is 0. The molecule has 0 saturated carbocycles. The van der Waals surface area contributed by atoms with E-state index in [1.165, 1.54) is 6.92 Å². The monoisotopic (exact) mass is 345 g/mol. The summed E-state index contributed by atoms with van der Waals surface area (Å²) in [7, 11) is 0. The molecule has 8 heteroatoms. The maximum atomic E-state index is 13.1. The van der Waals surface area contributed by atoms with Gasteiger partial charge in [-0.15, -0.1) is 0 Å². The van der Waals surface area contributed by atoms with Crippen molar-refractivity contribution in [1.82, 2.24) is 4.90 Å². The first kappa shape index (κ1) is 18.1. The van der Waals surface area contributed by atoms with E-state index in [1.807, 2.05) is 0 Å². The fraction of sp³-hybridized carbons (Fsp3) is 0.500. The number of likely N-dealkylation sites (tertiary alicyclic amines) is 1. The molecule has 1 amide bonds. The standard InChI is InChI=1S/C16H18F3NO4/c1-2-23-14(21)12-8-20(9-13(12)16(17,18)19)15(22)24-10-11-6-4-3-5-7-11/h3-7,12-13H,2,8-10H2,1H3. The molecule has 5 nitrogen and oxygen atoms in total. The van der Waals surface area contributed by atoms with Gasteiger partial charge < -0.3 is 14.4 Å². The molecular formula is C16H18F3NO4. The predicted octanol–water partition coefficient (Wildman–Crippen LogP) is 3.00. The summed E-state index contributed by atoms with van der Waals surface area (Å²) in [5.41, 5.74) is 0.722. The summed E-state index contributed by atoms with van der Waals surface area (Å²) in [6, 6.07) is 8.78. The number of nitrogens with zero attached hydrogens (tertiary/aromatic N) is 1. The van der Waals surface area contributed by atoms with Crippen molar-refractivity contribution < 1.29 is 32.2 Å². The first-order valence-corrected chi connectivity index (χ1v) is 7.52.